The van der Waals surface area contributed by atoms with E-state index in [-0.39, 0.29) is 0 Å². The van der Waals surface area contributed by atoms with E-state index in [1.54, 1.807) is 0 Å². The Morgan fingerprint density at radius 1 is 1.00 bits per heavy atom. The van der Waals surface area contributed by atoms with Gasteiger partial charge in [0.05, 0.1) is 0 Å². The van der Waals surface area contributed by atoms with Crippen LogP contribution in [0.4, 0.5) is 0 Å². The van der Waals surface area contributed by atoms with Gasteiger partial charge in [-0.05, 0) is 55.3 Å². The van der Waals surface area contributed by atoms with Crippen molar-refractivity contribution in [2.24, 2.45) is 35.4 Å². The van der Waals surface area contributed by atoms with Gasteiger partial charge in [0.2, 0.25) is 0 Å². The Bertz CT molecular complexity index is 225. The number of nitrogens with one attached hydrogen (secondary N) is 1. The molecular formula is C14H28N2. The second-order valence-corrected chi connectivity index (χ2v) is 6.42. The predicted molar refractivity (Wildman–Crippen MR) is 68.7 cm³/mol. The Balaban J connectivity index is 1.93. The molecular weight excluding hydrogens is 196 g/mol. The van der Waals surface area contributed by atoms with Crippen LogP contribution in [0.5, 0.6) is 0 Å². The molecule has 0 spiro atoms. The Hall–Kier alpha value is -0.0800. The van der Waals surface area contributed by atoms with Crippen LogP contribution in [0, 0.1) is 29.6 Å². The van der Waals surface area contributed by atoms with E-state index in [9.17, 15) is 0 Å². The Morgan fingerprint density at radius 2 is 1.62 bits per heavy atom. The van der Waals surface area contributed by atoms with Crippen LogP contribution in [0.2, 0.25) is 0 Å². The largest absolute Gasteiger partial charge is 0.271 e. The van der Waals surface area contributed by atoms with Gasteiger partial charge in [-0.25, -0.2) is 0 Å². The summed E-state index contributed by atoms with van der Waals surface area (Å²) in [5.74, 6) is 10.1. The fourth-order valence-electron chi connectivity index (χ4n) is 3.55. The van der Waals surface area contributed by atoms with Crippen LogP contribution in [0.15, 0.2) is 0 Å². The molecule has 0 radical (unpaired) electrons. The van der Waals surface area contributed by atoms with Crippen molar-refractivity contribution in [1.82, 2.24) is 5.43 Å². The minimum atomic E-state index is 0.558. The molecule has 0 aliphatic heterocycles. The second kappa shape index (κ2) is 5.05. The lowest BCUT2D eigenvalue weighted by molar-refractivity contribution is 0.138. The fraction of sp³-hybridized carbons (Fsp3) is 1.00. The van der Waals surface area contributed by atoms with Gasteiger partial charge in [0.1, 0.15) is 0 Å². The molecule has 16 heavy (non-hydrogen) atoms. The summed E-state index contributed by atoms with van der Waals surface area (Å²) >= 11 is 0. The highest BCUT2D eigenvalue weighted by molar-refractivity contribution is 4.91. The third-order valence-electron chi connectivity index (χ3n) is 5.27. The molecule has 3 N–H and O–H groups in total. The highest BCUT2D eigenvalue weighted by Gasteiger charge is 2.38. The molecule has 2 fully saturated rings. The van der Waals surface area contributed by atoms with Crippen molar-refractivity contribution in [3.8, 4) is 0 Å². The van der Waals surface area contributed by atoms with Crippen molar-refractivity contribution in [3.63, 3.8) is 0 Å². The molecule has 5 atom stereocenters. The Morgan fingerprint density at radius 3 is 2.12 bits per heavy atom. The van der Waals surface area contributed by atoms with Crippen molar-refractivity contribution in [2.45, 2.75) is 58.9 Å². The molecule has 0 aromatic rings. The standard InChI is InChI=1S/C14H28N2/c1-9-4-5-13(8-10(9)2)14(16-15)11(3)12-6-7-12/h9-14,16H,4-8,15H2,1-3H3. The van der Waals surface area contributed by atoms with Crippen LogP contribution in [-0.2, 0) is 0 Å². The summed E-state index contributed by atoms with van der Waals surface area (Å²) in [6.07, 6.45) is 6.99. The molecule has 2 nitrogen and oxygen atoms in total. The van der Waals surface area contributed by atoms with Crippen LogP contribution in [0.25, 0.3) is 0 Å². The number of nitrogens with two attached hydrogens (primary N) is 1. The smallest absolute Gasteiger partial charge is 0.0267 e. The second-order valence-electron chi connectivity index (χ2n) is 6.42. The Labute approximate surface area is 100 Å². The molecule has 0 bridgehead atoms. The Kier molecular flexibility index (Phi) is 3.91. The van der Waals surface area contributed by atoms with Gasteiger partial charge in [-0.2, -0.15) is 0 Å². The molecule has 0 saturated heterocycles. The van der Waals surface area contributed by atoms with Gasteiger partial charge in [0.25, 0.3) is 0 Å². The lowest BCUT2D eigenvalue weighted by Crippen LogP contribution is -2.47. The maximum Gasteiger partial charge on any atom is 0.0267 e. The molecule has 0 aromatic carbocycles. The third kappa shape index (κ3) is 2.60. The van der Waals surface area contributed by atoms with Gasteiger partial charge in [0, 0.05) is 6.04 Å². The summed E-state index contributed by atoms with van der Waals surface area (Å²) in [5, 5.41) is 0. The zero-order valence-electron chi connectivity index (χ0n) is 11.1. The highest BCUT2D eigenvalue weighted by Crippen LogP contribution is 2.43. The predicted octanol–water partition coefficient (Wildman–Crippen LogP) is 2.94. The number of rotatable bonds is 4. The van der Waals surface area contributed by atoms with E-state index in [0.717, 1.165) is 29.6 Å². The highest BCUT2D eigenvalue weighted by atomic mass is 15.2. The van der Waals surface area contributed by atoms with Crippen molar-refractivity contribution >= 4 is 0 Å². The van der Waals surface area contributed by atoms with E-state index in [2.05, 4.69) is 26.2 Å². The first-order valence-electron chi connectivity index (χ1n) is 7.09. The van der Waals surface area contributed by atoms with E-state index in [1.165, 1.54) is 32.1 Å². The third-order valence-corrected chi connectivity index (χ3v) is 5.27. The average molecular weight is 224 g/mol. The first-order chi connectivity index (χ1) is 7.63. The maximum atomic E-state index is 5.80. The zero-order chi connectivity index (χ0) is 11.7. The van der Waals surface area contributed by atoms with E-state index < -0.39 is 0 Å². The molecule has 2 heteroatoms. The topological polar surface area (TPSA) is 38.0 Å². The van der Waals surface area contributed by atoms with Crippen molar-refractivity contribution in [3.05, 3.63) is 0 Å². The van der Waals surface area contributed by atoms with Crippen LogP contribution in [-0.4, -0.2) is 6.04 Å². The molecule has 2 rings (SSSR count). The van der Waals surface area contributed by atoms with Crippen LogP contribution >= 0.6 is 0 Å². The summed E-state index contributed by atoms with van der Waals surface area (Å²) in [6.45, 7) is 7.20. The van der Waals surface area contributed by atoms with Crippen LogP contribution < -0.4 is 11.3 Å². The minimum absolute atomic E-state index is 0.558. The molecule has 0 aromatic heterocycles. The summed E-state index contributed by atoms with van der Waals surface area (Å²) in [6, 6.07) is 0.558. The van der Waals surface area contributed by atoms with Gasteiger partial charge >= 0.3 is 0 Å². The van der Waals surface area contributed by atoms with Crippen molar-refractivity contribution in [2.75, 3.05) is 0 Å². The van der Waals surface area contributed by atoms with Crippen LogP contribution in [0.3, 0.4) is 0 Å². The zero-order valence-corrected chi connectivity index (χ0v) is 11.1. The molecule has 2 aliphatic carbocycles. The average Bonchev–Trinajstić information content (AvgIpc) is 3.07. The van der Waals surface area contributed by atoms with E-state index in [1.807, 2.05) is 0 Å². The molecule has 0 amide bonds. The van der Waals surface area contributed by atoms with Crippen molar-refractivity contribution < 1.29 is 0 Å². The van der Waals surface area contributed by atoms with Gasteiger partial charge in [-0.3, -0.25) is 11.3 Å². The fourth-order valence-corrected chi connectivity index (χ4v) is 3.55. The number of hydrazine groups is 1. The molecule has 0 heterocycles. The quantitative estimate of drug-likeness (QED) is 0.569. The number of hydrogen-bond donors (Lipinski definition) is 2. The van der Waals surface area contributed by atoms with Gasteiger partial charge in [-0.15, -0.1) is 0 Å². The minimum Gasteiger partial charge on any atom is -0.271 e. The maximum absolute atomic E-state index is 5.80. The summed E-state index contributed by atoms with van der Waals surface area (Å²) in [4.78, 5) is 0. The molecule has 2 saturated carbocycles. The van der Waals surface area contributed by atoms with Gasteiger partial charge in [0.15, 0.2) is 0 Å². The summed E-state index contributed by atoms with van der Waals surface area (Å²) in [7, 11) is 0. The van der Waals surface area contributed by atoms with E-state index in [0.29, 0.717) is 6.04 Å². The first-order valence-corrected chi connectivity index (χ1v) is 7.09. The molecule has 94 valence electrons. The monoisotopic (exact) mass is 224 g/mol. The van der Waals surface area contributed by atoms with Crippen LogP contribution in [0.1, 0.15) is 52.9 Å². The van der Waals surface area contributed by atoms with E-state index in [4.69, 9.17) is 5.84 Å². The summed E-state index contributed by atoms with van der Waals surface area (Å²) < 4.78 is 0. The lowest BCUT2D eigenvalue weighted by atomic mass is 9.70. The van der Waals surface area contributed by atoms with Crippen molar-refractivity contribution in [1.29, 1.82) is 0 Å². The first kappa shape index (κ1) is 12.4. The lowest BCUT2D eigenvalue weighted by Gasteiger charge is -2.39. The number of hydrogen-bond acceptors (Lipinski definition) is 2. The van der Waals surface area contributed by atoms with Gasteiger partial charge in [-0.1, -0.05) is 27.2 Å². The summed E-state index contributed by atoms with van der Waals surface area (Å²) in [5.41, 5.74) is 3.13. The normalized spacial score (nSPS) is 39.4. The molecule has 2 aliphatic rings. The van der Waals surface area contributed by atoms with Gasteiger partial charge < -0.3 is 0 Å². The SMILES string of the molecule is CC1CCC(C(NN)C(C)C2CC2)CC1C. The molecule has 5 unspecified atom stereocenters. The van der Waals surface area contributed by atoms with E-state index >= 15 is 0 Å².